The molecule has 0 amide bonds. The van der Waals surface area contributed by atoms with E-state index in [1.807, 2.05) is 6.08 Å². The van der Waals surface area contributed by atoms with Gasteiger partial charge in [0.25, 0.3) is 0 Å². The van der Waals surface area contributed by atoms with E-state index in [-0.39, 0.29) is 0 Å². The smallest absolute Gasteiger partial charge is 0.0316 e. The van der Waals surface area contributed by atoms with E-state index >= 15 is 0 Å². The first-order valence-electron chi connectivity index (χ1n) is 8.01. The molecule has 0 spiro atoms. The van der Waals surface area contributed by atoms with Crippen LogP contribution in [0.5, 0.6) is 0 Å². The molecule has 0 aliphatic rings. The maximum absolute atomic E-state index is 3.69. The summed E-state index contributed by atoms with van der Waals surface area (Å²) in [5, 5.41) is 0. The van der Waals surface area contributed by atoms with Gasteiger partial charge in [-0.05, 0) is 45.4 Å². The van der Waals surface area contributed by atoms with Gasteiger partial charge >= 0.3 is 0 Å². The number of unbranched alkanes of at least 4 members (excludes halogenated alkanes) is 10. The largest absolute Gasteiger partial charge is 0.0885 e. The first-order valence-corrected chi connectivity index (χ1v) is 8.01. The number of rotatable bonds is 13. The summed E-state index contributed by atoms with van der Waals surface area (Å²) in [6.07, 6.45) is 25.0. The van der Waals surface area contributed by atoms with Crippen molar-refractivity contribution in [3.63, 3.8) is 0 Å². The Hall–Kier alpha value is -0.520. The third kappa shape index (κ3) is 15.5. The topological polar surface area (TPSA) is 0 Å². The van der Waals surface area contributed by atoms with Crippen LogP contribution < -0.4 is 0 Å². The van der Waals surface area contributed by atoms with E-state index in [9.17, 15) is 0 Å². The molecule has 0 saturated heterocycles. The average molecular weight is 249 g/mol. The Kier molecular flexibility index (Phi) is 16.0. The fraction of sp³-hybridized carbons (Fsp3) is 0.722. The van der Waals surface area contributed by atoms with Crippen molar-refractivity contribution in [1.82, 2.24) is 0 Å². The van der Waals surface area contributed by atoms with Crippen LogP contribution in [0, 0.1) is 6.92 Å². The molecule has 0 heteroatoms. The second-order valence-corrected chi connectivity index (χ2v) is 5.14. The van der Waals surface area contributed by atoms with Crippen molar-refractivity contribution in [2.24, 2.45) is 0 Å². The molecule has 105 valence electrons. The van der Waals surface area contributed by atoms with Gasteiger partial charge in [-0.1, -0.05) is 69.8 Å². The zero-order valence-corrected chi connectivity index (χ0v) is 12.5. The van der Waals surface area contributed by atoms with Crippen LogP contribution in [-0.4, -0.2) is 0 Å². The van der Waals surface area contributed by atoms with Gasteiger partial charge in [0.05, 0.1) is 0 Å². The van der Waals surface area contributed by atoms with Gasteiger partial charge in [-0.3, -0.25) is 0 Å². The normalized spacial score (nSPS) is 11.9. The highest BCUT2D eigenvalue weighted by atomic mass is 14.0. The predicted octanol–water partition coefficient (Wildman–Crippen LogP) is 6.63. The lowest BCUT2D eigenvalue weighted by Gasteiger charge is -1.99. The monoisotopic (exact) mass is 249 g/mol. The summed E-state index contributed by atoms with van der Waals surface area (Å²) in [6.45, 7) is 5.97. The molecule has 0 saturated carbocycles. The standard InChI is InChI=1S/C18H33/c1-3-5-7-9-11-13-15-17-18-16-14-12-10-8-6-4-2/h3,5,15,17H,1,4,6-14,16,18H2,2H3. The summed E-state index contributed by atoms with van der Waals surface area (Å²) >= 11 is 0. The van der Waals surface area contributed by atoms with E-state index in [0.717, 1.165) is 0 Å². The van der Waals surface area contributed by atoms with Gasteiger partial charge in [0.2, 0.25) is 0 Å². The first kappa shape index (κ1) is 17.5. The minimum absolute atomic E-state index is 1.19. The van der Waals surface area contributed by atoms with E-state index in [0.29, 0.717) is 0 Å². The molecule has 0 aromatic carbocycles. The molecule has 0 aliphatic heterocycles. The molecular weight excluding hydrogens is 216 g/mol. The third-order valence-electron chi connectivity index (χ3n) is 3.30. The summed E-state index contributed by atoms with van der Waals surface area (Å²) in [5.41, 5.74) is 0. The molecule has 0 aliphatic carbocycles. The predicted molar refractivity (Wildman–Crippen MR) is 84.7 cm³/mol. The molecule has 1 radical (unpaired) electrons. The van der Waals surface area contributed by atoms with Crippen LogP contribution in [0.15, 0.2) is 24.3 Å². The second kappa shape index (κ2) is 16.5. The van der Waals surface area contributed by atoms with E-state index in [1.165, 1.54) is 77.0 Å². The first-order chi connectivity index (χ1) is 8.91. The SMILES string of the molecule is [CH2]C=CCCCCC=CCCCCCCCCC. The molecular formula is C18H33. The van der Waals surface area contributed by atoms with Crippen molar-refractivity contribution in [1.29, 1.82) is 0 Å². The summed E-state index contributed by atoms with van der Waals surface area (Å²) in [6, 6.07) is 0. The van der Waals surface area contributed by atoms with Gasteiger partial charge in [-0.2, -0.15) is 0 Å². The highest BCUT2D eigenvalue weighted by Crippen LogP contribution is 2.09. The van der Waals surface area contributed by atoms with Gasteiger partial charge in [-0.25, -0.2) is 0 Å². The fourth-order valence-electron chi connectivity index (χ4n) is 2.10. The van der Waals surface area contributed by atoms with Crippen molar-refractivity contribution in [2.45, 2.75) is 84.0 Å². The Labute approximate surface area is 116 Å². The summed E-state index contributed by atoms with van der Waals surface area (Å²) in [5.74, 6) is 0. The summed E-state index contributed by atoms with van der Waals surface area (Å²) in [7, 11) is 0. The van der Waals surface area contributed by atoms with Crippen LogP contribution in [0.2, 0.25) is 0 Å². The summed E-state index contributed by atoms with van der Waals surface area (Å²) < 4.78 is 0. The van der Waals surface area contributed by atoms with Crippen LogP contribution in [0.25, 0.3) is 0 Å². The molecule has 0 unspecified atom stereocenters. The number of hydrogen-bond acceptors (Lipinski definition) is 0. The lowest BCUT2D eigenvalue weighted by atomic mass is 10.1. The minimum atomic E-state index is 1.19. The number of hydrogen-bond donors (Lipinski definition) is 0. The second-order valence-electron chi connectivity index (χ2n) is 5.14. The van der Waals surface area contributed by atoms with Crippen LogP contribution in [-0.2, 0) is 0 Å². The molecule has 0 N–H and O–H groups in total. The third-order valence-corrected chi connectivity index (χ3v) is 3.30. The Morgan fingerprint density at radius 3 is 1.61 bits per heavy atom. The molecule has 18 heavy (non-hydrogen) atoms. The lowest BCUT2D eigenvalue weighted by molar-refractivity contribution is 0.592. The van der Waals surface area contributed by atoms with Gasteiger partial charge in [0.15, 0.2) is 0 Å². The number of allylic oxidation sites excluding steroid dienone is 4. The van der Waals surface area contributed by atoms with Gasteiger partial charge < -0.3 is 0 Å². The van der Waals surface area contributed by atoms with Crippen molar-refractivity contribution in [3.05, 3.63) is 31.2 Å². The molecule has 0 heterocycles. The Morgan fingerprint density at radius 1 is 0.611 bits per heavy atom. The van der Waals surface area contributed by atoms with Crippen LogP contribution in [0.1, 0.15) is 84.0 Å². The van der Waals surface area contributed by atoms with Gasteiger partial charge in [-0.15, -0.1) is 0 Å². The van der Waals surface area contributed by atoms with Gasteiger partial charge in [0, 0.05) is 0 Å². The van der Waals surface area contributed by atoms with Crippen molar-refractivity contribution in [3.8, 4) is 0 Å². The van der Waals surface area contributed by atoms with E-state index in [2.05, 4.69) is 32.1 Å². The minimum Gasteiger partial charge on any atom is -0.0885 e. The quantitative estimate of drug-likeness (QED) is 0.254. The van der Waals surface area contributed by atoms with Crippen LogP contribution in [0.3, 0.4) is 0 Å². The highest BCUT2D eigenvalue weighted by molar-refractivity contribution is 4.84. The molecule has 0 rings (SSSR count). The molecule has 0 fully saturated rings. The van der Waals surface area contributed by atoms with Crippen molar-refractivity contribution in [2.75, 3.05) is 0 Å². The molecule has 0 aromatic heterocycles. The van der Waals surface area contributed by atoms with Gasteiger partial charge in [0.1, 0.15) is 0 Å². The van der Waals surface area contributed by atoms with Crippen molar-refractivity contribution < 1.29 is 0 Å². The summed E-state index contributed by atoms with van der Waals surface area (Å²) in [4.78, 5) is 0. The zero-order chi connectivity index (χ0) is 13.3. The molecule has 0 atom stereocenters. The Morgan fingerprint density at radius 2 is 1.06 bits per heavy atom. The van der Waals surface area contributed by atoms with Crippen molar-refractivity contribution >= 4 is 0 Å². The molecule has 0 nitrogen and oxygen atoms in total. The Balaban J connectivity index is 3.04. The maximum Gasteiger partial charge on any atom is -0.0316 e. The lowest BCUT2D eigenvalue weighted by Crippen LogP contribution is -1.79. The molecule has 0 bridgehead atoms. The molecule has 0 aromatic rings. The van der Waals surface area contributed by atoms with Crippen LogP contribution in [0.4, 0.5) is 0 Å². The van der Waals surface area contributed by atoms with Crippen LogP contribution >= 0.6 is 0 Å². The van der Waals surface area contributed by atoms with E-state index in [1.54, 1.807) is 0 Å². The zero-order valence-electron chi connectivity index (χ0n) is 12.5. The Bertz CT molecular complexity index is 188. The fourth-order valence-corrected chi connectivity index (χ4v) is 2.10. The maximum atomic E-state index is 3.69. The van der Waals surface area contributed by atoms with E-state index < -0.39 is 0 Å². The van der Waals surface area contributed by atoms with E-state index in [4.69, 9.17) is 0 Å². The highest BCUT2D eigenvalue weighted by Gasteiger charge is 1.89. The average Bonchev–Trinajstić information content (AvgIpc) is 2.39.